The lowest BCUT2D eigenvalue weighted by atomic mass is 10.2. The van der Waals surface area contributed by atoms with Gasteiger partial charge in [0.05, 0.1) is 17.1 Å². The topological polar surface area (TPSA) is 82.5 Å². The first kappa shape index (κ1) is 13.0. The standard InChI is InChI=1S/C11H15N3O3S/c1-7-13-8(10(18-7)11(16)17)6-9(15)14-4-2-12-3-5-14/h12H,2-6H2,1H3,(H,16,17). The molecule has 1 aliphatic heterocycles. The summed E-state index contributed by atoms with van der Waals surface area (Å²) in [4.78, 5) is 29.1. The predicted molar refractivity (Wildman–Crippen MR) is 67.0 cm³/mol. The van der Waals surface area contributed by atoms with E-state index in [-0.39, 0.29) is 17.2 Å². The SMILES string of the molecule is Cc1nc(CC(=O)N2CCNCC2)c(C(=O)O)s1. The van der Waals surface area contributed by atoms with Crippen molar-refractivity contribution in [2.45, 2.75) is 13.3 Å². The van der Waals surface area contributed by atoms with Gasteiger partial charge >= 0.3 is 5.97 Å². The number of rotatable bonds is 3. The van der Waals surface area contributed by atoms with E-state index in [1.165, 1.54) is 0 Å². The van der Waals surface area contributed by atoms with Crippen LogP contribution in [-0.2, 0) is 11.2 Å². The van der Waals surface area contributed by atoms with E-state index in [4.69, 9.17) is 5.11 Å². The third kappa shape index (κ3) is 2.85. The number of nitrogens with zero attached hydrogens (tertiary/aromatic N) is 2. The van der Waals surface area contributed by atoms with Gasteiger partial charge in [-0.2, -0.15) is 0 Å². The number of carboxylic acid groups (broad SMARTS) is 1. The molecule has 1 amide bonds. The molecular weight excluding hydrogens is 254 g/mol. The Balaban J connectivity index is 2.08. The summed E-state index contributed by atoms with van der Waals surface area (Å²) in [6, 6.07) is 0. The van der Waals surface area contributed by atoms with Crippen molar-refractivity contribution in [3.63, 3.8) is 0 Å². The number of carbonyl (C=O) groups excluding carboxylic acids is 1. The fourth-order valence-corrected chi connectivity index (χ4v) is 2.70. The first-order valence-corrected chi connectivity index (χ1v) is 6.57. The van der Waals surface area contributed by atoms with Crippen LogP contribution in [0, 0.1) is 6.92 Å². The monoisotopic (exact) mass is 269 g/mol. The molecule has 0 unspecified atom stereocenters. The van der Waals surface area contributed by atoms with Gasteiger partial charge in [-0.25, -0.2) is 9.78 Å². The van der Waals surface area contributed by atoms with Crippen LogP contribution in [0.4, 0.5) is 0 Å². The average molecular weight is 269 g/mol. The van der Waals surface area contributed by atoms with E-state index < -0.39 is 5.97 Å². The number of carbonyl (C=O) groups is 2. The second kappa shape index (κ2) is 5.45. The summed E-state index contributed by atoms with van der Waals surface area (Å²) in [6.45, 7) is 4.66. The van der Waals surface area contributed by atoms with Gasteiger partial charge < -0.3 is 15.3 Å². The van der Waals surface area contributed by atoms with Gasteiger partial charge in [0, 0.05) is 26.2 Å². The number of hydrogen-bond acceptors (Lipinski definition) is 5. The van der Waals surface area contributed by atoms with Crippen molar-refractivity contribution in [1.29, 1.82) is 0 Å². The molecular formula is C11H15N3O3S. The highest BCUT2D eigenvalue weighted by Gasteiger charge is 2.22. The highest BCUT2D eigenvalue weighted by Crippen LogP contribution is 2.19. The van der Waals surface area contributed by atoms with Crippen LogP contribution < -0.4 is 5.32 Å². The first-order chi connectivity index (χ1) is 8.58. The van der Waals surface area contributed by atoms with Crippen LogP contribution >= 0.6 is 11.3 Å². The minimum Gasteiger partial charge on any atom is -0.477 e. The zero-order chi connectivity index (χ0) is 13.1. The summed E-state index contributed by atoms with van der Waals surface area (Å²) >= 11 is 1.12. The summed E-state index contributed by atoms with van der Waals surface area (Å²) in [5.74, 6) is -1.06. The average Bonchev–Trinajstić information content (AvgIpc) is 2.71. The second-order valence-corrected chi connectivity index (χ2v) is 5.32. The highest BCUT2D eigenvalue weighted by molar-refractivity contribution is 7.13. The molecule has 0 atom stereocenters. The molecule has 1 saturated heterocycles. The number of carboxylic acids is 1. The Kier molecular flexibility index (Phi) is 3.93. The Bertz CT molecular complexity index is 466. The van der Waals surface area contributed by atoms with Gasteiger partial charge in [-0.05, 0) is 6.92 Å². The number of thiazole rings is 1. The summed E-state index contributed by atoms with van der Waals surface area (Å²) < 4.78 is 0. The Morgan fingerprint density at radius 3 is 2.72 bits per heavy atom. The van der Waals surface area contributed by atoms with Crippen LogP contribution in [0.15, 0.2) is 0 Å². The zero-order valence-electron chi connectivity index (χ0n) is 10.1. The number of aromatic carboxylic acids is 1. The molecule has 18 heavy (non-hydrogen) atoms. The van der Waals surface area contributed by atoms with E-state index in [2.05, 4.69) is 10.3 Å². The van der Waals surface area contributed by atoms with Crippen molar-refractivity contribution in [2.75, 3.05) is 26.2 Å². The number of hydrogen-bond donors (Lipinski definition) is 2. The largest absolute Gasteiger partial charge is 0.477 e. The predicted octanol–water partition coefficient (Wildman–Crippen LogP) is 0.124. The quantitative estimate of drug-likeness (QED) is 0.814. The van der Waals surface area contributed by atoms with Crippen molar-refractivity contribution in [1.82, 2.24) is 15.2 Å². The van der Waals surface area contributed by atoms with Crippen molar-refractivity contribution < 1.29 is 14.7 Å². The van der Waals surface area contributed by atoms with Crippen LogP contribution in [0.1, 0.15) is 20.4 Å². The first-order valence-electron chi connectivity index (χ1n) is 5.76. The third-order valence-electron chi connectivity index (χ3n) is 2.79. The van der Waals surface area contributed by atoms with Crippen LogP contribution in [0.3, 0.4) is 0 Å². The number of aryl methyl sites for hydroxylation is 1. The molecule has 2 N–H and O–H groups in total. The molecule has 0 aromatic carbocycles. The van der Waals surface area contributed by atoms with Crippen molar-refractivity contribution >= 4 is 23.2 Å². The lowest BCUT2D eigenvalue weighted by molar-refractivity contribution is -0.131. The third-order valence-corrected chi connectivity index (χ3v) is 3.79. The zero-order valence-corrected chi connectivity index (χ0v) is 10.9. The van der Waals surface area contributed by atoms with Gasteiger partial charge in [-0.1, -0.05) is 0 Å². The molecule has 2 rings (SSSR count). The summed E-state index contributed by atoms with van der Waals surface area (Å²) in [7, 11) is 0. The molecule has 0 radical (unpaired) electrons. The van der Waals surface area contributed by atoms with Crippen LogP contribution in [-0.4, -0.2) is 53.0 Å². The van der Waals surface area contributed by atoms with E-state index in [0.29, 0.717) is 23.8 Å². The van der Waals surface area contributed by atoms with Crippen LogP contribution in [0.5, 0.6) is 0 Å². The Hall–Kier alpha value is -1.47. The Labute approximate surface area is 109 Å². The minimum atomic E-state index is -1.01. The lowest BCUT2D eigenvalue weighted by Crippen LogP contribution is -2.47. The molecule has 6 nitrogen and oxygen atoms in total. The van der Waals surface area contributed by atoms with E-state index >= 15 is 0 Å². The smallest absolute Gasteiger partial charge is 0.347 e. The highest BCUT2D eigenvalue weighted by atomic mass is 32.1. The minimum absolute atomic E-state index is 0.0516. The fraction of sp³-hybridized carbons (Fsp3) is 0.545. The second-order valence-electron chi connectivity index (χ2n) is 4.12. The molecule has 0 saturated carbocycles. The maximum absolute atomic E-state index is 12.0. The normalized spacial score (nSPS) is 15.7. The molecule has 1 aromatic heterocycles. The molecule has 2 heterocycles. The number of aromatic nitrogens is 1. The van der Waals surface area contributed by atoms with Gasteiger partial charge in [0.2, 0.25) is 5.91 Å². The van der Waals surface area contributed by atoms with Gasteiger partial charge in [-0.3, -0.25) is 4.79 Å². The Morgan fingerprint density at radius 1 is 1.44 bits per heavy atom. The van der Waals surface area contributed by atoms with E-state index in [1.807, 2.05) is 0 Å². The fourth-order valence-electron chi connectivity index (χ4n) is 1.93. The molecule has 7 heteroatoms. The molecule has 1 fully saturated rings. The molecule has 1 aromatic rings. The van der Waals surface area contributed by atoms with Crippen molar-refractivity contribution in [3.05, 3.63) is 15.6 Å². The van der Waals surface area contributed by atoms with Gasteiger partial charge in [0.1, 0.15) is 4.88 Å². The molecule has 1 aliphatic rings. The number of piperazine rings is 1. The maximum atomic E-state index is 12.0. The van der Waals surface area contributed by atoms with Crippen molar-refractivity contribution in [2.24, 2.45) is 0 Å². The van der Waals surface area contributed by atoms with Crippen molar-refractivity contribution in [3.8, 4) is 0 Å². The van der Waals surface area contributed by atoms with Crippen LogP contribution in [0.2, 0.25) is 0 Å². The number of nitrogens with one attached hydrogen (secondary N) is 1. The maximum Gasteiger partial charge on any atom is 0.347 e. The van der Waals surface area contributed by atoms with Gasteiger partial charge in [0.15, 0.2) is 0 Å². The lowest BCUT2D eigenvalue weighted by Gasteiger charge is -2.27. The Morgan fingerprint density at radius 2 is 2.11 bits per heavy atom. The number of amides is 1. The van der Waals surface area contributed by atoms with E-state index in [0.717, 1.165) is 24.4 Å². The summed E-state index contributed by atoms with van der Waals surface area (Å²) in [6.07, 6.45) is 0.0754. The van der Waals surface area contributed by atoms with Gasteiger partial charge in [-0.15, -0.1) is 11.3 Å². The van der Waals surface area contributed by atoms with Gasteiger partial charge in [0.25, 0.3) is 0 Å². The van der Waals surface area contributed by atoms with E-state index in [1.54, 1.807) is 11.8 Å². The summed E-state index contributed by atoms with van der Waals surface area (Å²) in [5.41, 5.74) is 0.383. The molecule has 0 spiro atoms. The van der Waals surface area contributed by atoms with Crippen LogP contribution in [0.25, 0.3) is 0 Å². The molecule has 98 valence electrons. The molecule has 0 bridgehead atoms. The summed E-state index contributed by atoms with van der Waals surface area (Å²) in [5, 5.41) is 12.9. The molecule has 0 aliphatic carbocycles. The van der Waals surface area contributed by atoms with E-state index in [9.17, 15) is 9.59 Å².